The second-order valence-corrected chi connectivity index (χ2v) is 4.47. The first-order chi connectivity index (χ1) is 5.79. The minimum atomic E-state index is -0.183. The van der Waals surface area contributed by atoms with Gasteiger partial charge in [-0.2, -0.15) is 0 Å². The molecule has 0 amide bonds. The number of fused-ring (bicyclic) bond motifs is 1. The van der Waals surface area contributed by atoms with Crippen LogP contribution in [0.1, 0.15) is 25.7 Å². The first kappa shape index (κ1) is 8.66. The van der Waals surface area contributed by atoms with Crippen molar-refractivity contribution in [3.05, 3.63) is 0 Å². The molecule has 0 bridgehead atoms. The zero-order valence-corrected chi connectivity index (χ0v) is 8.43. The molecule has 0 aromatic heterocycles. The largest absolute Gasteiger partial charge is 0.297 e. The number of halogens is 1. The molecule has 2 fully saturated rings. The Kier molecular flexibility index (Phi) is 2.48. The van der Waals surface area contributed by atoms with Crippen LogP contribution in [-0.2, 0) is 4.79 Å². The molecule has 3 nitrogen and oxygen atoms in total. The SMILES string of the molecule is O=C1C(Br)NNC2CCCCC12. The fourth-order valence-corrected chi connectivity index (χ4v) is 2.56. The third-order valence-electron chi connectivity index (χ3n) is 2.78. The molecule has 2 aliphatic rings. The van der Waals surface area contributed by atoms with E-state index in [2.05, 4.69) is 26.8 Å². The summed E-state index contributed by atoms with van der Waals surface area (Å²) in [5, 5.41) is 0. The van der Waals surface area contributed by atoms with Gasteiger partial charge in [0.15, 0.2) is 5.78 Å². The van der Waals surface area contributed by atoms with E-state index in [1.165, 1.54) is 12.8 Å². The van der Waals surface area contributed by atoms with E-state index in [-0.39, 0.29) is 10.9 Å². The van der Waals surface area contributed by atoms with Crippen LogP contribution in [0.5, 0.6) is 0 Å². The molecule has 0 aromatic carbocycles. The highest BCUT2D eigenvalue weighted by atomic mass is 79.9. The van der Waals surface area contributed by atoms with Gasteiger partial charge in [0.25, 0.3) is 0 Å². The molecule has 1 saturated heterocycles. The van der Waals surface area contributed by atoms with Gasteiger partial charge in [-0.1, -0.05) is 28.8 Å². The number of carbonyl (C=O) groups excluding carboxylic acids is 1. The molecule has 0 spiro atoms. The predicted molar refractivity (Wildman–Crippen MR) is 49.7 cm³/mol. The number of alkyl halides is 1. The van der Waals surface area contributed by atoms with Crippen LogP contribution < -0.4 is 10.9 Å². The molecular weight excluding hydrogens is 220 g/mol. The van der Waals surface area contributed by atoms with Crippen LogP contribution in [-0.4, -0.2) is 16.8 Å². The Morgan fingerprint density at radius 1 is 1.25 bits per heavy atom. The fraction of sp³-hybridized carbons (Fsp3) is 0.875. The Morgan fingerprint density at radius 2 is 2.00 bits per heavy atom. The van der Waals surface area contributed by atoms with Crippen molar-refractivity contribution >= 4 is 21.7 Å². The molecule has 3 unspecified atom stereocenters. The number of rotatable bonds is 0. The Hall–Kier alpha value is 0.0700. The lowest BCUT2D eigenvalue weighted by molar-refractivity contribution is -0.127. The molecule has 2 N–H and O–H groups in total. The van der Waals surface area contributed by atoms with Gasteiger partial charge in [0, 0.05) is 12.0 Å². The van der Waals surface area contributed by atoms with Gasteiger partial charge in [0.05, 0.1) is 0 Å². The van der Waals surface area contributed by atoms with Crippen molar-refractivity contribution in [1.82, 2.24) is 10.9 Å². The van der Waals surface area contributed by atoms with Crippen LogP contribution >= 0.6 is 15.9 Å². The summed E-state index contributed by atoms with van der Waals surface area (Å²) in [4.78, 5) is 11.4. The average molecular weight is 233 g/mol. The monoisotopic (exact) mass is 232 g/mol. The topological polar surface area (TPSA) is 41.1 Å². The molecule has 12 heavy (non-hydrogen) atoms. The zero-order chi connectivity index (χ0) is 8.55. The highest BCUT2D eigenvalue weighted by Gasteiger charge is 2.37. The van der Waals surface area contributed by atoms with Gasteiger partial charge in [0.2, 0.25) is 0 Å². The van der Waals surface area contributed by atoms with Crippen LogP contribution in [0.4, 0.5) is 0 Å². The van der Waals surface area contributed by atoms with Crippen molar-refractivity contribution in [2.75, 3.05) is 0 Å². The zero-order valence-electron chi connectivity index (χ0n) is 6.85. The molecule has 1 saturated carbocycles. The molecular formula is C8H13BrN2O. The third-order valence-corrected chi connectivity index (χ3v) is 3.46. The summed E-state index contributed by atoms with van der Waals surface area (Å²) in [6, 6.07) is 0.375. The van der Waals surface area contributed by atoms with Gasteiger partial charge in [-0.25, -0.2) is 5.43 Å². The minimum absolute atomic E-state index is 0.183. The van der Waals surface area contributed by atoms with Crippen molar-refractivity contribution in [3.63, 3.8) is 0 Å². The van der Waals surface area contributed by atoms with E-state index in [1.54, 1.807) is 0 Å². The first-order valence-corrected chi connectivity index (χ1v) is 5.39. The third kappa shape index (κ3) is 1.43. The van der Waals surface area contributed by atoms with Crippen molar-refractivity contribution in [2.24, 2.45) is 5.92 Å². The summed E-state index contributed by atoms with van der Waals surface area (Å²) in [5.41, 5.74) is 6.13. The number of hydrogen-bond donors (Lipinski definition) is 2. The standard InChI is InChI=1S/C8H13BrN2O/c9-8-7(12)5-3-1-2-4-6(5)10-11-8/h5-6,8,10-11H,1-4H2. The van der Waals surface area contributed by atoms with Crippen molar-refractivity contribution < 1.29 is 4.79 Å². The van der Waals surface area contributed by atoms with Gasteiger partial charge < -0.3 is 0 Å². The van der Waals surface area contributed by atoms with Crippen molar-refractivity contribution in [3.8, 4) is 0 Å². The van der Waals surface area contributed by atoms with E-state index < -0.39 is 0 Å². The second kappa shape index (κ2) is 3.44. The lowest BCUT2D eigenvalue weighted by Crippen LogP contribution is -2.60. The molecule has 3 atom stereocenters. The van der Waals surface area contributed by atoms with Gasteiger partial charge in [0.1, 0.15) is 4.95 Å². The molecule has 0 aromatic rings. The maximum atomic E-state index is 11.6. The summed E-state index contributed by atoms with van der Waals surface area (Å²) in [6.07, 6.45) is 4.63. The molecule has 0 radical (unpaired) electrons. The number of nitrogens with one attached hydrogen (secondary N) is 2. The highest BCUT2D eigenvalue weighted by molar-refractivity contribution is 9.10. The minimum Gasteiger partial charge on any atom is -0.297 e. The Labute approximate surface area is 80.4 Å². The molecule has 4 heteroatoms. The maximum Gasteiger partial charge on any atom is 0.166 e. The Balaban J connectivity index is 2.08. The van der Waals surface area contributed by atoms with E-state index in [4.69, 9.17) is 0 Å². The van der Waals surface area contributed by atoms with E-state index in [0.29, 0.717) is 11.8 Å². The van der Waals surface area contributed by atoms with Crippen molar-refractivity contribution in [2.45, 2.75) is 36.7 Å². The predicted octanol–water partition coefficient (Wildman–Crippen LogP) is 0.943. The van der Waals surface area contributed by atoms with Gasteiger partial charge in [-0.15, -0.1) is 0 Å². The number of ketones is 1. The lowest BCUT2D eigenvalue weighted by Gasteiger charge is -2.37. The van der Waals surface area contributed by atoms with E-state index in [1.807, 2.05) is 0 Å². The normalized spacial score (nSPS) is 42.4. The number of hydrogen-bond acceptors (Lipinski definition) is 3. The molecule has 1 heterocycles. The molecule has 2 rings (SSSR count). The van der Waals surface area contributed by atoms with Crippen molar-refractivity contribution in [1.29, 1.82) is 0 Å². The maximum absolute atomic E-state index is 11.6. The van der Waals surface area contributed by atoms with Gasteiger partial charge in [-0.3, -0.25) is 10.2 Å². The summed E-state index contributed by atoms with van der Waals surface area (Å²) in [6.45, 7) is 0. The van der Waals surface area contributed by atoms with E-state index in [0.717, 1.165) is 12.8 Å². The summed E-state index contributed by atoms with van der Waals surface area (Å²) in [7, 11) is 0. The molecule has 1 aliphatic carbocycles. The fourth-order valence-electron chi connectivity index (χ4n) is 2.08. The lowest BCUT2D eigenvalue weighted by atomic mass is 9.81. The van der Waals surface area contributed by atoms with E-state index in [9.17, 15) is 4.79 Å². The van der Waals surface area contributed by atoms with Crippen LogP contribution in [0, 0.1) is 5.92 Å². The number of carbonyl (C=O) groups is 1. The summed E-state index contributed by atoms with van der Waals surface area (Å²) < 4.78 is 0. The average Bonchev–Trinajstić information content (AvgIpc) is 2.12. The first-order valence-electron chi connectivity index (χ1n) is 4.48. The van der Waals surface area contributed by atoms with Crippen LogP contribution in [0.15, 0.2) is 0 Å². The molecule has 1 aliphatic heterocycles. The summed E-state index contributed by atoms with van der Waals surface area (Å²) in [5.74, 6) is 0.558. The Morgan fingerprint density at radius 3 is 2.83 bits per heavy atom. The quantitative estimate of drug-likeness (QED) is 0.483. The molecule has 68 valence electrons. The number of hydrazine groups is 1. The second-order valence-electron chi connectivity index (χ2n) is 3.55. The van der Waals surface area contributed by atoms with Gasteiger partial charge >= 0.3 is 0 Å². The van der Waals surface area contributed by atoms with Crippen LogP contribution in [0.3, 0.4) is 0 Å². The van der Waals surface area contributed by atoms with E-state index >= 15 is 0 Å². The Bertz CT molecular complexity index is 197. The smallest absolute Gasteiger partial charge is 0.166 e. The number of Topliss-reactive ketones (excluding diaryl/α,β-unsaturated/α-hetero) is 1. The highest BCUT2D eigenvalue weighted by Crippen LogP contribution is 2.28. The van der Waals surface area contributed by atoms with Crippen LogP contribution in [0.25, 0.3) is 0 Å². The van der Waals surface area contributed by atoms with Gasteiger partial charge in [-0.05, 0) is 12.8 Å². The summed E-state index contributed by atoms with van der Waals surface area (Å²) >= 11 is 3.29. The van der Waals surface area contributed by atoms with Crippen LogP contribution in [0.2, 0.25) is 0 Å².